The molecule has 0 aliphatic heterocycles. The summed E-state index contributed by atoms with van der Waals surface area (Å²) in [4.78, 5) is 57.3. The van der Waals surface area contributed by atoms with Gasteiger partial charge in [0.2, 0.25) is 17.7 Å². The highest BCUT2D eigenvalue weighted by molar-refractivity contribution is 5.94. The Labute approximate surface area is 215 Å². The molecule has 8 N–H and O–H groups in total. The molecule has 0 aliphatic carbocycles. The van der Waals surface area contributed by atoms with Crippen LogP contribution in [0.5, 0.6) is 0 Å². The summed E-state index contributed by atoms with van der Waals surface area (Å²) in [5.74, 6) is -3.41. The predicted molar refractivity (Wildman–Crippen MR) is 135 cm³/mol. The quantitative estimate of drug-likeness (QED) is 0.174. The minimum absolute atomic E-state index is 0.0363. The van der Waals surface area contributed by atoms with Crippen molar-refractivity contribution in [2.24, 2.45) is 11.7 Å². The van der Waals surface area contributed by atoms with Gasteiger partial charge in [-0.3, -0.25) is 14.4 Å². The number of benzene rings is 1. The molecule has 0 bridgehead atoms. The van der Waals surface area contributed by atoms with E-state index in [9.17, 15) is 29.4 Å². The first kappa shape index (κ1) is 29.5. The van der Waals surface area contributed by atoms with Gasteiger partial charge in [0, 0.05) is 18.3 Å². The smallest absolute Gasteiger partial charge is 0.328 e. The summed E-state index contributed by atoms with van der Waals surface area (Å²) >= 11 is 0. The molecule has 0 saturated carbocycles. The number of nitrogens with two attached hydrogens (primary N) is 1. The van der Waals surface area contributed by atoms with Gasteiger partial charge in [-0.1, -0.05) is 44.2 Å². The van der Waals surface area contributed by atoms with Gasteiger partial charge in [0.25, 0.3) is 0 Å². The number of imidazole rings is 1. The van der Waals surface area contributed by atoms with Crippen LogP contribution in [-0.2, 0) is 32.0 Å². The lowest BCUT2D eigenvalue weighted by molar-refractivity contribution is -0.145. The average molecular weight is 517 g/mol. The third-order valence-corrected chi connectivity index (χ3v) is 5.63. The van der Waals surface area contributed by atoms with Crippen molar-refractivity contribution in [1.82, 2.24) is 25.9 Å². The topological polar surface area (TPSA) is 200 Å². The Balaban J connectivity index is 2.17. The summed E-state index contributed by atoms with van der Waals surface area (Å²) in [6.45, 7) is 4.91. The van der Waals surface area contributed by atoms with Crippen LogP contribution in [0.3, 0.4) is 0 Å². The van der Waals surface area contributed by atoms with Crippen molar-refractivity contribution in [2.45, 2.75) is 70.3 Å². The van der Waals surface area contributed by atoms with Crippen LogP contribution in [0, 0.1) is 5.92 Å². The number of H-pyrrole nitrogens is 1. The monoisotopic (exact) mass is 516 g/mol. The Hall–Kier alpha value is -3.77. The molecule has 2 aromatic rings. The second-order valence-electron chi connectivity index (χ2n) is 9.39. The van der Waals surface area contributed by atoms with E-state index in [1.165, 1.54) is 19.4 Å². The van der Waals surface area contributed by atoms with Crippen LogP contribution >= 0.6 is 0 Å². The number of carboxylic acid groups (broad SMARTS) is 1. The molecule has 1 aromatic heterocycles. The van der Waals surface area contributed by atoms with Crippen molar-refractivity contribution in [3.8, 4) is 0 Å². The van der Waals surface area contributed by atoms with E-state index < -0.39 is 54.0 Å². The fourth-order valence-electron chi connectivity index (χ4n) is 3.68. The zero-order valence-corrected chi connectivity index (χ0v) is 21.2. The molecular weight excluding hydrogens is 480 g/mol. The van der Waals surface area contributed by atoms with Gasteiger partial charge < -0.3 is 36.9 Å². The summed E-state index contributed by atoms with van der Waals surface area (Å²) in [5, 5.41) is 26.6. The lowest BCUT2D eigenvalue weighted by Gasteiger charge is -2.26. The zero-order valence-electron chi connectivity index (χ0n) is 21.2. The molecule has 0 saturated heterocycles. The highest BCUT2D eigenvalue weighted by Crippen LogP contribution is 2.09. The number of aliphatic carboxylic acids is 1. The standard InChI is InChI=1S/C25H36N6O6/c1-14(2)9-19(24(35)31-21(15(3)32)25(36)37)30-23(34)20(11-17-12-27-13-28-17)29-22(33)18(26)10-16-7-5-4-6-8-16/h4-8,12-15,18-21,32H,9-11,26H2,1-3H3,(H,27,28)(H,29,33)(H,30,34)(H,31,35)(H,36,37). The number of nitrogens with zero attached hydrogens (tertiary/aromatic N) is 1. The van der Waals surface area contributed by atoms with Crippen LogP contribution in [-0.4, -0.2) is 74.1 Å². The maximum atomic E-state index is 13.3. The first-order valence-electron chi connectivity index (χ1n) is 12.1. The Bertz CT molecular complexity index is 1030. The molecule has 1 heterocycles. The minimum Gasteiger partial charge on any atom is -0.480 e. The normalized spacial score (nSPS) is 15.2. The van der Waals surface area contributed by atoms with Gasteiger partial charge in [0.1, 0.15) is 12.1 Å². The number of carbonyl (C=O) groups is 4. The summed E-state index contributed by atoms with van der Waals surface area (Å²) < 4.78 is 0. The number of carboxylic acids is 1. The van der Waals surface area contributed by atoms with Gasteiger partial charge in [0.15, 0.2) is 6.04 Å². The van der Waals surface area contributed by atoms with E-state index in [1.54, 1.807) is 0 Å². The summed E-state index contributed by atoms with van der Waals surface area (Å²) in [7, 11) is 0. The van der Waals surface area contributed by atoms with E-state index in [-0.39, 0.29) is 25.2 Å². The molecule has 12 heteroatoms. The summed E-state index contributed by atoms with van der Waals surface area (Å²) in [6.07, 6.45) is 2.10. The van der Waals surface area contributed by atoms with Gasteiger partial charge in [-0.05, 0) is 31.2 Å². The second-order valence-corrected chi connectivity index (χ2v) is 9.39. The number of carbonyl (C=O) groups excluding carboxylic acids is 3. The third kappa shape index (κ3) is 9.66. The average Bonchev–Trinajstić information content (AvgIpc) is 3.34. The van der Waals surface area contributed by atoms with Gasteiger partial charge in [-0.15, -0.1) is 0 Å². The Morgan fingerprint density at radius 1 is 0.946 bits per heavy atom. The number of amides is 3. The van der Waals surface area contributed by atoms with Gasteiger partial charge in [-0.25, -0.2) is 9.78 Å². The van der Waals surface area contributed by atoms with Crippen molar-refractivity contribution in [3.63, 3.8) is 0 Å². The van der Waals surface area contributed by atoms with Crippen molar-refractivity contribution in [3.05, 3.63) is 54.1 Å². The predicted octanol–water partition coefficient (Wildman–Crippen LogP) is -0.512. The van der Waals surface area contributed by atoms with Crippen molar-refractivity contribution >= 4 is 23.7 Å². The van der Waals surface area contributed by atoms with Crippen LogP contribution in [0.25, 0.3) is 0 Å². The highest BCUT2D eigenvalue weighted by Gasteiger charge is 2.32. The molecule has 2 rings (SSSR count). The maximum Gasteiger partial charge on any atom is 0.328 e. The molecule has 12 nitrogen and oxygen atoms in total. The number of aromatic nitrogens is 2. The van der Waals surface area contributed by atoms with Crippen LogP contribution in [0.15, 0.2) is 42.9 Å². The first-order chi connectivity index (χ1) is 17.5. The fraction of sp³-hybridized carbons (Fsp3) is 0.480. The number of aromatic amines is 1. The molecule has 0 aliphatic rings. The summed E-state index contributed by atoms with van der Waals surface area (Å²) in [6, 6.07) is 4.54. The molecule has 0 fully saturated rings. The van der Waals surface area contributed by atoms with Gasteiger partial charge in [0.05, 0.1) is 18.5 Å². The number of nitrogens with one attached hydrogen (secondary N) is 4. The maximum absolute atomic E-state index is 13.3. The molecule has 1 aromatic carbocycles. The molecule has 5 atom stereocenters. The van der Waals surface area contributed by atoms with E-state index in [0.717, 1.165) is 5.56 Å². The van der Waals surface area contributed by atoms with Gasteiger partial charge in [-0.2, -0.15) is 0 Å². The van der Waals surface area contributed by atoms with Gasteiger partial charge >= 0.3 is 5.97 Å². The zero-order chi connectivity index (χ0) is 27.5. The van der Waals surface area contributed by atoms with Crippen LogP contribution in [0.2, 0.25) is 0 Å². The van der Waals surface area contributed by atoms with Crippen LogP contribution in [0.1, 0.15) is 38.4 Å². The van der Waals surface area contributed by atoms with E-state index in [0.29, 0.717) is 5.69 Å². The number of aliphatic hydroxyl groups excluding tert-OH is 1. The Morgan fingerprint density at radius 3 is 2.11 bits per heavy atom. The largest absolute Gasteiger partial charge is 0.480 e. The lowest BCUT2D eigenvalue weighted by Crippen LogP contribution is -2.59. The molecule has 3 amide bonds. The van der Waals surface area contributed by atoms with Crippen molar-refractivity contribution in [2.75, 3.05) is 0 Å². The number of hydrogen-bond acceptors (Lipinski definition) is 7. The van der Waals surface area contributed by atoms with Crippen molar-refractivity contribution in [1.29, 1.82) is 0 Å². The molecular formula is C25H36N6O6. The van der Waals surface area contributed by atoms with E-state index in [2.05, 4.69) is 25.9 Å². The lowest BCUT2D eigenvalue weighted by atomic mass is 10.0. The van der Waals surface area contributed by atoms with Crippen molar-refractivity contribution < 1.29 is 29.4 Å². The molecule has 5 unspecified atom stereocenters. The third-order valence-electron chi connectivity index (χ3n) is 5.63. The molecule has 0 radical (unpaired) electrons. The van der Waals surface area contributed by atoms with E-state index in [4.69, 9.17) is 5.73 Å². The summed E-state index contributed by atoms with van der Waals surface area (Å²) in [5.41, 5.74) is 7.52. The highest BCUT2D eigenvalue weighted by atomic mass is 16.4. The number of rotatable bonds is 14. The molecule has 202 valence electrons. The molecule has 37 heavy (non-hydrogen) atoms. The Kier molecular flexibility index (Phi) is 11.2. The van der Waals surface area contributed by atoms with E-state index >= 15 is 0 Å². The van der Waals surface area contributed by atoms with Crippen LogP contribution in [0.4, 0.5) is 0 Å². The fourth-order valence-corrected chi connectivity index (χ4v) is 3.68. The number of hydrogen-bond donors (Lipinski definition) is 7. The van der Waals surface area contributed by atoms with Crippen LogP contribution < -0.4 is 21.7 Å². The molecule has 0 spiro atoms. The first-order valence-corrected chi connectivity index (χ1v) is 12.1. The van der Waals surface area contributed by atoms with E-state index in [1.807, 2.05) is 44.2 Å². The number of aliphatic hydroxyl groups is 1. The second kappa shape index (κ2) is 14.1. The minimum atomic E-state index is -1.55. The Morgan fingerprint density at radius 2 is 1.57 bits per heavy atom. The SMILES string of the molecule is CC(C)CC(NC(=O)C(Cc1cnc[nH]1)NC(=O)C(N)Cc1ccccc1)C(=O)NC(C(=O)O)C(C)O.